The number of benzene rings is 1. The average Bonchev–Trinajstić information content (AvgIpc) is 2.40. The number of carbonyl (C=O) groups is 1. The van der Waals surface area contributed by atoms with Crippen LogP contribution in [0.1, 0.15) is 30.4 Å². The summed E-state index contributed by atoms with van der Waals surface area (Å²) in [6.07, 6.45) is 2.13. The van der Waals surface area contributed by atoms with E-state index in [0.717, 1.165) is 12.8 Å². The molecule has 0 aliphatic carbocycles. The summed E-state index contributed by atoms with van der Waals surface area (Å²) >= 11 is 0. The Labute approximate surface area is 113 Å². The minimum absolute atomic E-state index is 0.165. The van der Waals surface area contributed by atoms with Crippen molar-refractivity contribution in [2.45, 2.75) is 37.6 Å². The van der Waals surface area contributed by atoms with Crippen LogP contribution in [0.2, 0.25) is 0 Å². The molecular formula is C15H21NO3. The zero-order valence-corrected chi connectivity index (χ0v) is 11.3. The van der Waals surface area contributed by atoms with Gasteiger partial charge in [-0.2, -0.15) is 0 Å². The van der Waals surface area contributed by atoms with Gasteiger partial charge in [-0.25, -0.2) is 0 Å². The first-order chi connectivity index (χ1) is 9.05. The van der Waals surface area contributed by atoms with Gasteiger partial charge in [-0.3, -0.25) is 4.79 Å². The maximum atomic E-state index is 11.1. The van der Waals surface area contributed by atoms with Crippen LogP contribution in [0.3, 0.4) is 0 Å². The zero-order valence-electron chi connectivity index (χ0n) is 11.3. The molecule has 1 fully saturated rings. The molecule has 4 heteroatoms. The third kappa shape index (κ3) is 2.96. The molecule has 104 valence electrons. The van der Waals surface area contributed by atoms with E-state index < -0.39 is 12.0 Å². The van der Waals surface area contributed by atoms with Gasteiger partial charge in [0.1, 0.15) is 6.04 Å². The van der Waals surface area contributed by atoms with Gasteiger partial charge in [-0.1, -0.05) is 24.3 Å². The molecule has 2 rings (SSSR count). The molecule has 1 aliphatic heterocycles. The number of hydrogen-bond donors (Lipinski definition) is 2. The molecule has 1 saturated heterocycles. The number of carboxylic acids is 1. The second kappa shape index (κ2) is 5.72. The highest BCUT2D eigenvalue weighted by molar-refractivity contribution is 5.73. The SMILES string of the molecule is Cc1ccccc1C1(CC(N)C(=O)O)CCOCC1. The summed E-state index contributed by atoms with van der Waals surface area (Å²) in [6, 6.07) is 7.35. The summed E-state index contributed by atoms with van der Waals surface area (Å²) in [5.74, 6) is -0.931. The quantitative estimate of drug-likeness (QED) is 0.869. The predicted octanol–water partition coefficient (Wildman–Crippen LogP) is 1.85. The molecule has 1 atom stereocenters. The fourth-order valence-corrected chi connectivity index (χ4v) is 3.02. The van der Waals surface area contributed by atoms with E-state index in [9.17, 15) is 4.79 Å². The first-order valence-corrected chi connectivity index (χ1v) is 6.67. The minimum atomic E-state index is -0.931. The maximum Gasteiger partial charge on any atom is 0.320 e. The number of aryl methyl sites for hydroxylation is 1. The highest BCUT2D eigenvalue weighted by Crippen LogP contribution is 2.40. The van der Waals surface area contributed by atoms with Crippen molar-refractivity contribution in [2.75, 3.05) is 13.2 Å². The number of nitrogens with two attached hydrogens (primary N) is 1. The highest BCUT2D eigenvalue weighted by Gasteiger charge is 2.38. The Morgan fingerprint density at radius 2 is 2.05 bits per heavy atom. The van der Waals surface area contributed by atoms with E-state index in [1.165, 1.54) is 11.1 Å². The van der Waals surface area contributed by atoms with Crippen LogP contribution in [0.25, 0.3) is 0 Å². The van der Waals surface area contributed by atoms with E-state index in [2.05, 4.69) is 19.1 Å². The second-order valence-electron chi connectivity index (χ2n) is 5.36. The molecular weight excluding hydrogens is 242 g/mol. The van der Waals surface area contributed by atoms with Crippen LogP contribution in [0.5, 0.6) is 0 Å². The van der Waals surface area contributed by atoms with Gasteiger partial charge in [0.25, 0.3) is 0 Å². The van der Waals surface area contributed by atoms with Crippen molar-refractivity contribution < 1.29 is 14.6 Å². The van der Waals surface area contributed by atoms with Crippen molar-refractivity contribution >= 4 is 5.97 Å². The van der Waals surface area contributed by atoms with Crippen molar-refractivity contribution in [3.63, 3.8) is 0 Å². The number of hydrogen-bond acceptors (Lipinski definition) is 3. The highest BCUT2D eigenvalue weighted by atomic mass is 16.5. The molecule has 0 saturated carbocycles. The number of rotatable bonds is 4. The van der Waals surface area contributed by atoms with Crippen LogP contribution in [-0.4, -0.2) is 30.3 Å². The Balaban J connectivity index is 2.34. The normalized spacial score (nSPS) is 19.9. The van der Waals surface area contributed by atoms with Crippen LogP contribution in [0.15, 0.2) is 24.3 Å². The van der Waals surface area contributed by atoms with Gasteiger partial charge in [0.05, 0.1) is 0 Å². The molecule has 0 radical (unpaired) electrons. The summed E-state index contributed by atoms with van der Waals surface area (Å²) < 4.78 is 5.44. The predicted molar refractivity (Wildman–Crippen MR) is 73.1 cm³/mol. The van der Waals surface area contributed by atoms with Crippen LogP contribution in [0, 0.1) is 6.92 Å². The lowest BCUT2D eigenvalue weighted by molar-refractivity contribution is -0.139. The number of aliphatic carboxylic acids is 1. The maximum absolute atomic E-state index is 11.1. The van der Waals surface area contributed by atoms with Crippen LogP contribution < -0.4 is 5.73 Å². The summed E-state index contributed by atoms with van der Waals surface area (Å²) in [6.45, 7) is 3.40. The van der Waals surface area contributed by atoms with Gasteiger partial charge >= 0.3 is 5.97 Å². The molecule has 1 heterocycles. The number of ether oxygens (including phenoxy) is 1. The Morgan fingerprint density at radius 1 is 1.42 bits per heavy atom. The fraction of sp³-hybridized carbons (Fsp3) is 0.533. The van der Waals surface area contributed by atoms with Crippen molar-refractivity contribution in [2.24, 2.45) is 5.73 Å². The topological polar surface area (TPSA) is 72.6 Å². The van der Waals surface area contributed by atoms with Crippen molar-refractivity contribution in [1.82, 2.24) is 0 Å². The first-order valence-electron chi connectivity index (χ1n) is 6.67. The molecule has 0 amide bonds. The zero-order chi connectivity index (χ0) is 13.9. The standard InChI is InChI=1S/C15H21NO3/c1-11-4-2-3-5-12(11)15(6-8-19-9-7-15)10-13(16)14(17)18/h2-5,13H,6-10,16H2,1H3,(H,17,18). The molecule has 19 heavy (non-hydrogen) atoms. The van der Waals surface area contributed by atoms with E-state index in [1.54, 1.807) is 0 Å². The number of carboxylic acid groups (broad SMARTS) is 1. The smallest absolute Gasteiger partial charge is 0.320 e. The Morgan fingerprint density at radius 3 is 2.63 bits per heavy atom. The van der Waals surface area contributed by atoms with E-state index in [0.29, 0.717) is 19.6 Å². The average molecular weight is 263 g/mol. The summed E-state index contributed by atoms with van der Waals surface area (Å²) in [7, 11) is 0. The summed E-state index contributed by atoms with van der Waals surface area (Å²) in [5.41, 5.74) is 8.03. The molecule has 1 aliphatic rings. The van der Waals surface area contributed by atoms with Crippen molar-refractivity contribution in [3.05, 3.63) is 35.4 Å². The van der Waals surface area contributed by atoms with Crippen molar-refractivity contribution in [1.29, 1.82) is 0 Å². The van der Waals surface area contributed by atoms with Crippen LogP contribution in [-0.2, 0) is 14.9 Å². The molecule has 1 aromatic rings. The van der Waals surface area contributed by atoms with Gasteiger partial charge in [0, 0.05) is 18.6 Å². The van der Waals surface area contributed by atoms with E-state index in [4.69, 9.17) is 15.6 Å². The van der Waals surface area contributed by atoms with Gasteiger partial charge in [0.2, 0.25) is 0 Å². The molecule has 0 bridgehead atoms. The third-order valence-corrected chi connectivity index (χ3v) is 4.09. The van der Waals surface area contributed by atoms with E-state index in [-0.39, 0.29) is 5.41 Å². The van der Waals surface area contributed by atoms with Crippen LogP contribution in [0.4, 0.5) is 0 Å². The lowest BCUT2D eigenvalue weighted by Crippen LogP contribution is -2.43. The largest absolute Gasteiger partial charge is 0.480 e. The van der Waals surface area contributed by atoms with Crippen LogP contribution >= 0.6 is 0 Å². The molecule has 1 unspecified atom stereocenters. The minimum Gasteiger partial charge on any atom is -0.480 e. The fourth-order valence-electron chi connectivity index (χ4n) is 3.02. The molecule has 3 N–H and O–H groups in total. The molecule has 0 aromatic heterocycles. The lowest BCUT2D eigenvalue weighted by atomic mass is 9.69. The third-order valence-electron chi connectivity index (χ3n) is 4.09. The monoisotopic (exact) mass is 263 g/mol. The van der Waals surface area contributed by atoms with Gasteiger partial charge < -0.3 is 15.6 Å². The van der Waals surface area contributed by atoms with E-state index >= 15 is 0 Å². The summed E-state index contributed by atoms with van der Waals surface area (Å²) in [4.78, 5) is 11.1. The van der Waals surface area contributed by atoms with E-state index in [1.807, 2.05) is 12.1 Å². The second-order valence-corrected chi connectivity index (χ2v) is 5.36. The van der Waals surface area contributed by atoms with Gasteiger partial charge in [-0.15, -0.1) is 0 Å². The van der Waals surface area contributed by atoms with Gasteiger partial charge in [0.15, 0.2) is 0 Å². The molecule has 1 aromatic carbocycles. The summed E-state index contributed by atoms with van der Waals surface area (Å²) in [5, 5.41) is 9.09. The molecule has 4 nitrogen and oxygen atoms in total. The molecule has 0 spiro atoms. The van der Waals surface area contributed by atoms with Gasteiger partial charge in [-0.05, 0) is 37.3 Å². The Kier molecular flexibility index (Phi) is 4.22. The Hall–Kier alpha value is -1.39. The first kappa shape index (κ1) is 14.0. The Bertz CT molecular complexity index is 452. The van der Waals surface area contributed by atoms with Crippen molar-refractivity contribution in [3.8, 4) is 0 Å². The lowest BCUT2D eigenvalue weighted by Gasteiger charge is -2.39.